The van der Waals surface area contributed by atoms with Crippen LogP contribution in [0.1, 0.15) is 12.0 Å². The number of ether oxygens (including phenoxy) is 3. The molecule has 0 atom stereocenters. The van der Waals surface area contributed by atoms with Crippen molar-refractivity contribution in [3.63, 3.8) is 0 Å². The Morgan fingerprint density at radius 3 is 2.23 bits per heavy atom. The number of hydrogen-bond acceptors (Lipinski definition) is 6. The number of benzene rings is 2. The van der Waals surface area contributed by atoms with Crippen molar-refractivity contribution >= 4 is 11.5 Å². The van der Waals surface area contributed by atoms with Gasteiger partial charge >= 0.3 is 6.18 Å². The molecule has 0 unspecified atom stereocenters. The van der Waals surface area contributed by atoms with Crippen LogP contribution in [0.5, 0.6) is 11.5 Å². The zero-order chi connectivity index (χ0) is 22.0. The van der Waals surface area contributed by atoms with Crippen molar-refractivity contribution in [1.29, 1.82) is 0 Å². The molecule has 0 spiro atoms. The third kappa shape index (κ3) is 7.54. The van der Waals surface area contributed by atoms with E-state index >= 15 is 0 Å². The van der Waals surface area contributed by atoms with Crippen molar-refractivity contribution in [3.8, 4) is 11.5 Å². The second-order valence-corrected chi connectivity index (χ2v) is 6.16. The van der Waals surface area contributed by atoms with Crippen LogP contribution < -0.4 is 26.1 Å². The topological polar surface area (TPSA) is 95.3 Å². The van der Waals surface area contributed by atoms with Crippen molar-refractivity contribution in [2.24, 2.45) is 16.6 Å². The normalized spacial score (nSPS) is 12.0. The molecule has 4 N–H and O–H groups in total. The number of methoxy groups -OCH3 is 1. The summed E-state index contributed by atoms with van der Waals surface area (Å²) >= 11 is 0. The highest BCUT2D eigenvalue weighted by Crippen LogP contribution is 2.21. The van der Waals surface area contributed by atoms with Crippen LogP contribution in [-0.4, -0.2) is 45.6 Å². The summed E-state index contributed by atoms with van der Waals surface area (Å²) in [6.45, 7) is -0.897. The minimum absolute atomic E-state index is 0.232. The second kappa shape index (κ2) is 11.4. The summed E-state index contributed by atoms with van der Waals surface area (Å²) in [6, 6.07) is 13.7. The predicted molar refractivity (Wildman–Crippen MR) is 109 cm³/mol. The molecule has 0 aliphatic carbocycles. The first kappa shape index (κ1) is 23.5. The molecule has 30 heavy (non-hydrogen) atoms. The molecule has 0 heterocycles. The van der Waals surface area contributed by atoms with E-state index in [-0.39, 0.29) is 5.84 Å². The van der Waals surface area contributed by atoms with Gasteiger partial charge in [-0.1, -0.05) is 0 Å². The number of anilines is 1. The van der Waals surface area contributed by atoms with Gasteiger partial charge in [-0.05, 0) is 61.5 Å². The highest BCUT2D eigenvalue weighted by molar-refractivity contribution is 6.09. The molecular weight excluding hydrogens is 401 g/mol. The molecule has 0 amide bonds. The van der Waals surface area contributed by atoms with E-state index in [4.69, 9.17) is 21.1 Å². The highest BCUT2D eigenvalue weighted by atomic mass is 19.4. The van der Waals surface area contributed by atoms with Gasteiger partial charge in [0.2, 0.25) is 0 Å². The minimum atomic E-state index is -4.43. The summed E-state index contributed by atoms with van der Waals surface area (Å²) in [7, 11) is 1.54. The Balaban J connectivity index is 2.21. The summed E-state index contributed by atoms with van der Waals surface area (Å²) in [5.41, 5.74) is 6.59. The van der Waals surface area contributed by atoms with Crippen LogP contribution in [0.15, 0.2) is 53.5 Å². The molecule has 0 saturated carbocycles. The zero-order valence-electron chi connectivity index (χ0n) is 16.6. The summed E-state index contributed by atoms with van der Waals surface area (Å²) in [6.07, 6.45) is -3.71. The number of nitrogens with two attached hydrogens (primary N) is 2. The Morgan fingerprint density at radius 2 is 1.67 bits per heavy atom. The van der Waals surface area contributed by atoms with Gasteiger partial charge in [0.15, 0.2) is 5.84 Å². The molecule has 0 bridgehead atoms. The molecule has 10 heteroatoms. The lowest BCUT2D eigenvalue weighted by molar-refractivity contribution is -0.173. The number of nitrogens with zero attached hydrogens (tertiary/aromatic N) is 2. The monoisotopic (exact) mass is 426 g/mol. The molecule has 2 aromatic carbocycles. The Bertz CT molecular complexity index is 796. The molecule has 0 saturated heterocycles. The first-order valence-electron chi connectivity index (χ1n) is 9.15. The standard InChI is InChI=1S/C20H25F3N4O3/c1-28-17-9-5-16(6-10-17)27(25)19(26-14-29-13-20(21,22)23)15-3-7-18(8-4-15)30-12-2-11-24/h3-10H,2,11-14,24-25H2,1H3/b26-19-. The van der Waals surface area contributed by atoms with Crippen LogP contribution in [0.3, 0.4) is 0 Å². The second-order valence-electron chi connectivity index (χ2n) is 6.16. The maximum Gasteiger partial charge on any atom is 0.411 e. The van der Waals surface area contributed by atoms with Crippen molar-refractivity contribution in [2.45, 2.75) is 12.6 Å². The summed E-state index contributed by atoms with van der Waals surface area (Å²) in [5.74, 6) is 7.71. The fraction of sp³-hybridized carbons (Fsp3) is 0.350. The van der Waals surface area contributed by atoms with Crippen LogP contribution in [-0.2, 0) is 4.74 Å². The Labute approximate surface area is 173 Å². The highest BCUT2D eigenvalue weighted by Gasteiger charge is 2.27. The number of aliphatic imine (C=N–C) groups is 1. The van der Waals surface area contributed by atoms with Gasteiger partial charge < -0.3 is 19.9 Å². The SMILES string of the molecule is COc1ccc(N(N)/C(=N\COCC(F)(F)F)c2ccc(OCCCN)cc2)cc1. The van der Waals surface area contributed by atoms with Gasteiger partial charge in [0.25, 0.3) is 0 Å². The Kier molecular flexibility index (Phi) is 8.90. The number of hydrogen-bond donors (Lipinski definition) is 2. The van der Waals surface area contributed by atoms with Crippen molar-refractivity contribution in [1.82, 2.24) is 0 Å². The van der Waals surface area contributed by atoms with Crippen LogP contribution >= 0.6 is 0 Å². The smallest absolute Gasteiger partial charge is 0.411 e. The van der Waals surface area contributed by atoms with Crippen LogP contribution in [0.4, 0.5) is 18.9 Å². The van der Waals surface area contributed by atoms with Gasteiger partial charge in [0.1, 0.15) is 24.8 Å². The lowest BCUT2D eigenvalue weighted by Gasteiger charge is -2.22. The van der Waals surface area contributed by atoms with E-state index in [1.54, 1.807) is 48.5 Å². The quantitative estimate of drug-likeness (QED) is 0.199. The number of rotatable bonds is 10. The third-order valence-electron chi connectivity index (χ3n) is 3.88. The average Bonchev–Trinajstić information content (AvgIpc) is 2.73. The molecule has 7 nitrogen and oxygen atoms in total. The van der Waals surface area contributed by atoms with Crippen molar-refractivity contribution in [2.75, 3.05) is 38.6 Å². The number of amidine groups is 1. The molecular formula is C20H25F3N4O3. The predicted octanol–water partition coefficient (Wildman–Crippen LogP) is 3.09. The maximum absolute atomic E-state index is 12.3. The van der Waals surface area contributed by atoms with Gasteiger partial charge in [0.05, 0.1) is 19.4 Å². The largest absolute Gasteiger partial charge is 0.497 e. The molecule has 164 valence electrons. The first-order chi connectivity index (χ1) is 14.3. The van der Waals surface area contributed by atoms with E-state index in [1.807, 2.05) is 0 Å². The molecule has 0 radical (unpaired) electrons. The summed E-state index contributed by atoms with van der Waals surface area (Å²) in [5, 5.41) is 1.26. The van der Waals surface area contributed by atoms with E-state index < -0.39 is 19.5 Å². The molecule has 2 aromatic rings. The molecule has 0 aromatic heterocycles. The van der Waals surface area contributed by atoms with E-state index in [1.165, 1.54) is 12.1 Å². The minimum Gasteiger partial charge on any atom is -0.497 e. The van der Waals surface area contributed by atoms with Gasteiger partial charge in [-0.2, -0.15) is 13.2 Å². The number of alkyl halides is 3. The molecule has 0 aliphatic rings. The van der Waals surface area contributed by atoms with Crippen LogP contribution in [0.25, 0.3) is 0 Å². The molecule has 2 rings (SSSR count). The average molecular weight is 426 g/mol. The van der Waals surface area contributed by atoms with Gasteiger partial charge in [-0.15, -0.1) is 0 Å². The third-order valence-corrected chi connectivity index (χ3v) is 3.88. The maximum atomic E-state index is 12.3. The first-order valence-corrected chi connectivity index (χ1v) is 9.15. The van der Waals surface area contributed by atoms with Crippen molar-refractivity contribution < 1.29 is 27.4 Å². The number of hydrazine groups is 1. The Hall–Kier alpha value is -2.82. The number of halogens is 3. The lowest BCUT2D eigenvalue weighted by atomic mass is 10.1. The van der Waals surface area contributed by atoms with E-state index in [0.717, 1.165) is 6.42 Å². The molecule has 0 fully saturated rings. The van der Waals surface area contributed by atoms with Crippen LogP contribution in [0, 0.1) is 0 Å². The van der Waals surface area contributed by atoms with Gasteiger partial charge in [0, 0.05) is 5.56 Å². The van der Waals surface area contributed by atoms with Crippen molar-refractivity contribution in [3.05, 3.63) is 54.1 Å². The van der Waals surface area contributed by atoms with Crippen LogP contribution in [0.2, 0.25) is 0 Å². The van der Waals surface area contributed by atoms with E-state index in [9.17, 15) is 13.2 Å². The lowest BCUT2D eigenvalue weighted by Crippen LogP contribution is -2.38. The summed E-state index contributed by atoms with van der Waals surface area (Å²) < 4.78 is 52.3. The fourth-order valence-electron chi connectivity index (χ4n) is 2.41. The van der Waals surface area contributed by atoms with Gasteiger partial charge in [-0.25, -0.2) is 10.8 Å². The zero-order valence-corrected chi connectivity index (χ0v) is 16.6. The summed E-state index contributed by atoms with van der Waals surface area (Å²) in [4.78, 5) is 4.13. The Morgan fingerprint density at radius 1 is 1.03 bits per heavy atom. The van der Waals surface area contributed by atoms with Gasteiger partial charge in [-0.3, -0.25) is 5.01 Å². The fourth-order valence-corrected chi connectivity index (χ4v) is 2.41. The van der Waals surface area contributed by atoms with E-state index in [0.29, 0.717) is 35.9 Å². The molecule has 0 aliphatic heterocycles. The van der Waals surface area contributed by atoms with E-state index in [2.05, 4.69) is 9.73 Å².